The molecule has 0 aromatic heterocycles. The molecule has 0 aliphatic heterocycles. The van der Waals surface area contributed by atoms with Crippen molar-refractivity contribution in [3.63, 3.8) is 0 Å². The lowest BCUT2D eigenvalue weighted by Gasteiger charge is -2.21. The standard InChI is InChI=1S/C12H25N/c1-10(2,3)13-8-9-11(4,5)12(9,6)7/h9,13H,8H2,1-7H3. The molecular weight excluding hydrogens is 158 g/mol. The molecule has 1 nitrogen and oxygen atoms in total. The molecule has 1 heteroatoms. The molecule has 0 aromatic carbocycles. The third-order valence-electron chi connectivity index (χ3n) is 4.16. The first-order valence-corrected chi connectivity index (χ1v) is 5.34. The van der Waals surface area contributed by atoms with Crippen LogP contribution in [0.2, 0.25) is 0 Å². The molecule has 0 radical (unpaired) electrons. The maximum atomic E-state index is 3.60. The van der Waals surface area contributed by atoms with Gasteiger partial charge in [-0.05, 0) is 44.1 Å². The zero-order chi connectivity index (χ0) is 10.5. The molecule has 1 aliphatic rings. The Morgan fingerprint density at radius 2 is 1.38 bits per heavy atom. The summed E-state index contributed by atoms with van der Waals surface area (Å²) in [4.78, 5) is 0. The zero-order valence-corrected chi connectivity index (χ0v) is 10.3. The minimum Gasteiger partial charge on any atom is -0.312 e. The first-order valence-electron chi connectivity index (χ1n) is 5.34. The van der Waals surface area contributed by atoms with E-state index in [9.17, 15) is 0 Å². The quantitative estimate of drug-likeness (QED) is 0.694. The van der Waals surface area contributed by atoms with E-state index in [2.05, 4.69) is 53.8 Å². The van der Waals surface area contributed by atoms with Crippen molar-refractivity contribution in [2.75, 3.05) is 6.54 Å². The van der Waals surface area contributed by atoms with Crippen LogP contribution < -0.4 is 5.32 Å². The van der Waals surface area contributed by atoms with Crippen molar-refractivity contribution >= 4 is 0 Å². The van der Waals surface area contributed by atoms with Crippen LogP contribution in [-0.2, 0) is 0 Å². The van der Waals surface area contributed by atoms with Gasteiger partial charge in [0.25, 0.3) is 0 Å². The van der Waals surface area contributed by atoms with E-state index in [-0.39, 0.29) is 5.54 Å². The summed E-state index contributed by atoms with van der Waals surface area (Å²) in [5, 5.41) is 3.60. The summed E-state index contributed by atoms with van der Waals surface area (Å²) in [6.45, 7) is 17.4. The molecular formula is C12H25N. The summed E-state index contributed by atoms with van der Waals surface area (Å²) < 4.78 is 0. The highest BCUT2D eigenvalue weighted by Gasteiger charge is 2.63. The van der Waals surface area contributed by atoms with Gasteiger partial charge in [-0.1, -0.05) is 27.7 Å². The second-order valence-electron chi connectivity index (χ2n) is 6.63. The lowest BCUT2D eigenvalue weighted by Crippen LogP contribution is -2.37. The summed E-state index contributed by atoms with van der Waals surface area (Å²) in [7, 11) is 0. The lowest BCUT2D eigenvalue weighted by atomic mass is 10.0. The van der Waals surface area contributed by atoms with Gasteiger partial charge < -0.3 is 5.32 Å². The molecule has 1 N–H and O–H groups in total. The number of hydrogen-bond donors (Lipinski definition) is 1. The van der Waals surface area contributed by atoms with Gasteiger partial charge in [-0.15, -0.1) is 0 Å². The molecule has 0 heterocycles. The van der Waals surface area contributed by atoms with E-state index < -0.39 is 0 Å². The van der Waals surface area contributed by atoms with Crippen molar-refractivity contribution in [3.8, 4) is 0 Å². The smallest absolute Gasteiger partial charge is 0.00966 e. The molecule has 1 rings (SSSR count). The number of hydrogen-bond acceptors (Lipinski definition) is 1. The van der Waals surface area contributed by atoms with Gasteiger partial charge in [0, 0.05) is 5.54 Å². The van der Waals surface area contributed by atoms with E-state index in [1.54, 1.807) is 0 Å². The van der Waals surface area contributed by atoms with E-state index in [0.29, 0.717) is 10.8 Å². The Balaban J connectivity index is 2.43. The second-order valence-corrected chi connectivity index (χ2v) is 6.63. The van der Waals surface area contributed by atoms with Crippen LogP contribution in [0.5, 0.6) is 0 Å². The Kier molecular flexibility index (Phi) is 2.31. The fourth-order valence-corrected chi connectivity index (χ4v) is 2.25. The Morgan fingerprint density at radius 3 is 1.62 bits per heavy atom. The molecule has 1 fully saturated rings. The minimum absolute atomic E-state index is 0.259. The first kappa shape index (κ1) is 11.0. The molecule has 0 amide bonds. The highest BCUT2D eigenvalue weighted by molar-refractivity contribution is 5.13. The van der Waals surface area contributed by atoms with Crippen LogP contribution in [0, 0.1) is 16.7 Å². The van der Waals surface area contributed by atoms with Gasteiger partial charge in [-0.25, -0.2) is 0 Å². The molecule has 0 aromatic rings. The second kappa shape index (κ2) is 2.73. The summed E-state index contributed by atoms with van der Waals surface area (Å²) in [6.07, 6.45) is 0. The van der Waals surface area contributed by atoms with Crippen LogP contribution in [0.25, 0.3) is 0 Å². The minimum atomic E-state index is 0.259. The fourth-order valence-electron chi connectivity index (χ4n) is 2.25. The summed E-state index contributed by atoms with van der Waals surface area (Å²) >= 11 is 0. The predicted molar refractivity (Wildman–Crippen MR) is 58.8 cm³/mol. The third kappa shape index (κ3) is 1.90. The van der Waals surface area contributed by atoms with Crippen molar-refractivity contribution in [2.24, 2.45) is 16.7 Å². The molecule has 0 unspecified atom stereocenters. The Hall–Kier alpha value is -0.0400. The summed E-state index contributed by atoms with van der Waals surface area (Å²) in [5.41, 5.74) is 1.30. The van der Waals surface area contributed by atoms with E-state index in [1.165, 1.54) is 0 Å². The normalized spacial score (nSPS) is 26.1. The van der Waals surface area contributed by atoms with Gasteiger partial charge in [0.05, 0.1) is 0 Å². The van der Waals surface area contributed by atoms with Crippen molar-refractivity contribution in [3.05, 3.63) is 0 Å². The molecule has 0 spiro atoms. The third-order valence-corrected chi connectivity index (χ3v) is 4.16. The van der Waals surface area contributed by atoms with Crippen molar-refractivity contribution in [1.82, 2.24) is 5.32 Å². The highest BCUT2D eigenvalue weighted by Crippen LogP contribution is 2.67. The van der Waals surface area contributed by atoms with Crippen LogP contribution in [0.3, 0.4) is 0 Å². The zero-order valence-electron chi connectivity index (χ0n) is 10.3. The van der Waals surface area contributed by atoms with Gasteiger partial charge >= 0.3 is 0 Å². The van der Waals surface area contributed by atoms with Gasteiger partial charge in [-0.3, -0.25) is 0 Å². The van der Waals surface area contributed by atoms with E-state index in [1.807, 2.05) is 0 Å². The lowest BCUT2D eigenvalue weighted by molar-refractivity contribution is 0.393. The van der Waals surface area contributed by atoms with Crippen molar-refractivity contribution in [1.29, 1.82) is 0 Å². The molecule has 1 aliphatic carbocycles. The van der Waals surface area contributed by atoms with Crippen molar-refractivity contribution in [2.45, 2.75) is 54.0 Å². The van der Waals surface area contributed by atoms with Crippen LogP contribution in [0.15, 0.2) is 0 Å². The molecule has 0 bridgehead atoms. The van der Waals surface area contributed by atoms with E-state index in [4.69, 9.17) is 0 Å². The van der Waals surface area contributed by atoms with Gasteiger partial charge in [0.1, 0.15) is 0 Å². The molecule has 13 heavy (non-hydrogen) atoms. The van der Waals surface area contributed by atoms with Gasteiger partial charge in [0.15, 0.2) is 0 Å². The Morgan fingerprint density at radius 1 is 1.00 bits per heavy atom. The van der Waals surface area contributed by atoms with Crippen LogP contribution in [0.4, 0.5) is 0 Å². The molecule has 78 valence electrons. The Labute approximate surface area is 83.3 Å². The fraction of sp³-hybridized carbons (Fsp3) is 1.00. The Bertz CT molecular complexity index is 182. The number of rotatable bonds is 2. The predicted octanol–water partition coefficient (Wildman–Crippen LogP) is 3.06. The van der Waals surface area contributed by atoms with Gasteiger partial charge in [-0.2, -0.15) is 0 Å². The van der Waals surface area contributed by atoms with E-state index in [0.717, 1.165) is 12.5 Å². The van der Waals surface area contributed by atoms with Crippen LogP contribution in [-0.4, -0.2) is 12.1 Å². The van der Waals surface area contributed by atoms with Gasteiger partial charge in [0.2, 0.25) is 0 Å². The molecule has 0 atom stereocenters. The highest BCUT2D eigenvalue weighted by atomic mass is 15.0. The SMILES string of the molecule is CC(C)(C)NCC1C(C)(C)C1(C)C. The van der Waals surface area contributed by atoms with Crippen LogP contribution >= 0.6 is 0 Å². The molecule has 0 saturated heterocycles. The summed E-state index contributed by atoms with van der Waals surface area (Å²) in [6, 6.07) is 0. The van der Waals surface area contributed by atoms with Crippen molar-refractivity contribution < 1.29 is 0 Å². The largest absolute Gasteiger partial charge is 0.312 e. The average molecular weight is 183 g/mol. The van der Waals surface area contributed by atoms with Crippen LogP contribution in [0.1, 0.15) is 48.5 Å². The maximum Gasteiger partial charge on any atom is 0.00966 e. The van der Waals surface area contributed by atoms with E-state index >= 15 is 0 Å². The topological polar surface area (TPSA) is 12.0 Å². The maximum absolute atomic E-state index is 3.60. The monoisotopic (exact) mass is 183 g/mol. The average Bonchev–Trinajstić information content (AvgIpc) is 2.19. The number of nitrogens with one attached hydrogen (secondary N) is 1. The first-order chi connectivity index (χ1) is 5.59. The molecule has 1 saturated carbocycles. The summed E-state index contributed by atoms with van der Waals surface area (Å²) in [5.74, 6) is 0.833.